The molecule has 132 valence electrons. The number of rotatable bonds is 3. The van der Waals surface area contributed by atoms with Crippen LogP contribution in [0.25, 0.3) is 0 Å². The molecule has 5 nitrogen and oxygen atoms in total. The highest BCUT2D eigenvalue weighted by Gasteiger charge is 2.38. The van der Waals surface area contributed by atoms with Crippen molar-refractivity contribution in [3.63, 3.8) is 0 Å². The Hall–Kier alpha value is -2.11. The van der Waals surface area contributed by atoms with Gasteiger partial charge in [0.2, 0.25) is 0 Å². The van der Waals surface area contributed by atoms with Crippen molar-refractivity contribution < 1.29 is 9.47 Å². The maximum Gasteiger partial charge on any atom is 0.161 e. The third-order valence-corrected chi connectivity index (χ3v) is 5.62. The molecule has 2 aliphatic heterocycles. The van der Waals surface area contributed by atoms with Crippen molar-refractivity contribution in [2.45, 2.75) is 30.8 Å². The van der Waals surface area contributed by atoms with Gasteiger partial charge in [-0.15, -0.1) is 0 Å². The van der Waals surface area contributed by atoms with E-state index in [9.17, 15) is 0 Å². The van der Waals surface area contributed by atoms with Crippen LogP contribution >= 0.6 is 0 Å². The summed E-state index contributed by atoms with van der Waals surface area (Å²) in [6.07, 6.45) is 3.82. The molecule has 2 N–H and O–H groups in total. The Bertz CT molecular complexity index is 750. The Morgan fingerprint density at radius 3 is 2.68 bits per heavy atom. The van der Waals surface area contributed by atoms with Gasteiger partial charge in [-0.3, -0.25) is 9.88 Å². The molecule has 1 aromatic carbocycles. The molecule has 0 spiro atoms. The summed E-state index contributed by atoms with van der Waals surface area (Å²) in [6.45, 7) is 2.00. The van der Waals surface area contributed by atoms with Crippen LogP contribution in [0.4, 0.5) is 0 Å². The second-order valence-corrected chi connectivity index (χ2v) is 6.93. The highest BCUT2D eigenvalue weighted by atomic mass is 16.5. The summed E-state index contributed by atoms with van der Waals surface area (Å²) < 4.78 is 11.0. The molecular weight excluding hydrogens is 314 g/mol. The van der Waals surface area contributed by atoms with Crippen LogP contribution in [0.1, 0.15) is 35.2 Å². The lowest BCUT2D eigenvalue weighted by Crippen LogP contribution is -2.49. The van der Waals surface area contributed by atoms with Gasteiger partial charge in [0.25, 0.3) is 0 Å². The minimum absolute atomic E-state index is 0.107. The van der Waals surface area contributed by atoms with Gasteiger partial charge >= 0.3 is 0 Å². The second-order valence-electron chi connectivity index (χ2n) is 6.93. The molecule has 0 saturated carbocycles. The maximum absolute atomic E-state index is 6.58. The lowest BCUT2D eigenvalue weighted by molar-refractivity contribution is 0.108. The Labute approximate surface area is 148 Å². The minimum atomic E-state index is 0.107. The first-order valence-electron chi connectivity index (χ1n) is 8.86. The number of hydrogen-bond donors (Lipinski definition) is 1. The Morgan fingerprint density at radius 1 is 1.16 bits per heavy atom. The topological polar surface area (TPSA) is 60.6 Å². The lowest BCUT2D eigenvalue weighted by Gasteiger charge is -2.46. The van der Waals surface area contributed by atoms with E-state index in [0.717, 1.165) is 43.1 Å². The van der Waals surface area contributed by atoms with Gasteiger partial charge in [-0.1, -0.05) is 6.07 Å². The van der Waals surface area contributed by atoms with Crippen LogP contribution in [0, 0.1) is 0 Å². The molecule has 4 rings (SSSR count). The number of hydrogen-bond acceptors (Lipinski definition) is 5. The monoisotopic (exact) mass is 339 g/mol. The Balaban J connectivity index is 1.65. The number of ether oxygens (including phenoxy) is 2. The largest absolute Gasteiger partial charge is 0.493 e. The van der Waals surface area contributed by atoms with E-state index in [1.54, 1.807) is 14.2 Å². The molecule has 0 bridgehead atoms. The number of aromatic nitrogens is 1. The quantitative estimate of drug-likeness (QED) is 0.931. The van der Waals surface area contributed by atoms with E-state index in [4.69, 9.17) is 15.2 Å². The van der Waals surface area contributed by atoms with Crippen LogP contribution in [-0.2, 0) is 6.42 Å². The summed E-state index contributed by atoms with van der Waals surface area (Å²) in [5.41, 5.74) is 10.4. The smallest absolute Gasteiger partial charge is 0.161 e. The fourth-order valence-electron chi connectivity index (χ4n) is 4.29. The van der Waals surface area contributed by atoms with Gasteiger partial charge in [-0.05, 0) is 48.2 Å². The highest BCUT2D eigenvalue weighted by molar-refractivity contribution is 5.49. The average molecular weight is 339 g/mol. The zero-order chi connectivity index (χ0) is 17.4. The Morgan fingerprint density at radius 2 is 1.96 bits per heavy atom. The van der Waals surface area contributed by atoms with Crippen molar-refractivity contribution in [1.82, 2.24) is 9.88 Å². The number of benzene rings is 1. The molecule has 0 amide bonds. The zero-order valence-electron chi connectivity index (χ0n) is 14.8. The van der Waals surface area contributed by atoms with Crippen LogP contribution in [0.15, 0.2) is 36.5 Å². The standard InChI is InChI=1S/C20H25N3O2/c1-24-19-9-13-6-8-23-12-15(17-5-3-4-7-22-17)16(21)11-18(23)14(13)10-20(19)25-2/h3-5,7,9-10,15-16,18H,6,8,11-12,21H2,1-2H3/t15-,16+,18-/m0/s1. The van der Waals surface area contributed by atoms with E-state index in [1.807, 2.05) is 18.3 Å². The van der Waals surface area contributed by atoms with Crippen LogP contribution in [-0.4, -0.2) is 43.2 Å². The number of nitrogens with zero attached hydrogens (tertiary/aromatic N) is 2. The zero-order valence-corrected chi connectivity index (χ0v) is 14.8. The first-order valence-corrected chi connectivity index (χ1v) is 8.86. The van der Waals surface area contributed by atoms with Crippen LogP contribution in [0.5, 0.6) is 11.5 Å². The van der Waals surface area contributed by atoms with Crippen LogP contribution < -0.4 is 15.2 Å². The summed E-state index contributed by atoms with van der Waals surface area (Å²) in [4.78, 5) is 7.09. The van der Waals surface area contributed by atoms with Crippen molar-refractivity contribution in [1.29, 1.82) is 0 Å². The second kappa shape index (κ2) is 6.65. The molecule has 3 atom stereocenters. The van der Waals surface area contributed by atoms with Crippen LogP contribution in [0.2, 0.25) is 0 Å². The molecule has 5 heteroatoms. The Kier molecular flexibility index (Phi) is 4.36. The summed E-state index contributed by atoms with van der Waals surface area (Å²) >= 11 is 0. The first-order chi connectivity index (χ1) is 12.2. The molecule has 2 aromatic rings. The van der Waals surface area contributed by atoms with Gasteiger partial charge in [-0.2, -0.15) is 0 Å². The van der Waals surface area contributed by atoms with Crippen molar-refractivity contribution in [3.05, 3.63) is 53.3 Å². The number of methoxy groups -OCH3 is 2. The number of pyridine rings is 1. The molecule has 0 unspecified atom stereocenters. The van der Waals surface area contributed by atoms with E-state index in [-0.39, 0.29) is 6.04 Å². The van der Waals surface area contributed by atoms with Crippen molar-refractivity contribution in [3.8, 4) is 11.5 Å². The van der Waals surface area contributed by atoms with Gasteiger partial charge in [0.1, 0.15) is 0 Å². The summed E-state index contributed by atoms with van der Waals surface area (Å²) in [5, 5.41) is 0. The van der Waals surface area contributed by atoms with Crippen molar-refractivity contribution >= 4 is 0 Å². The number of fused-ring (bicyclic) bond motifs is 3. The fraction of sp³-hybridized carbons (Fsp3) is 0.450. The predicted molar refractivity (Wildman–Crippen MR) is 97.1 cm³/mol. The SMILES string of the molecule is COc1cc2c(cc1OC)[C@@H]1C[C@@H](N)[C@@H](c3ccccn3)CN1CC2. The van der Waals surface area contributed by atoms with Gasteiger partial charge in [0.05, 0.1) is 14.2 Å². The maximum atomic E-state index is 6.58. The van der Waals surface area contributed by atoms with Gasteiger partial charge < -0.3 is 15.2 Å². The van der Waals surface area contributed by atoms with Crippen LogP contribution in [0.3, 0.4) is 0 Å². The minimum Gasteiger partial charge on any atom is -0.493 e. The molecule has 0 aliphatic carbocycles. The fourth-order valence-corrected chi connectivity index (χ4v) is 4.29. The summed E-state index contributed by atoms with van der Waals surface area (Å²) in [7, 11) is 3.38. The molecule has 2 aliphatic rings. The molecule has 1 aromatic heterocycles. The van der Waals surface area contributed by atoms with E-state index in [1.165, 1.54) is 11.1 Å². The molecule has 1 fully saturated rings. The summed E-state index contributed by atoms with van der Waals surface area (Å²) in [5.74, 6) is 1.89. The molecule has 3 heterocycles. The molecule has 1 saturated heterocycles. The van der Waals surface area contributed by atoms with Gasteiger partial charge in [0.15, 0.2) is 11.5 Å². The van der Waals surface area contributed by atoms with Crippen molar-refractivity contribution in [2.75, 3.05) is 27.3 Å². The van der Waals surface area contributed by atoms with E-state index in [0.29, 0.717) is 12.0 Å². The van der Waals surface area contributed by atoms with E-state index in [2.05, 4.69) is 28.1 Å². The average Bonchev–Trinajstić information content (AvgIpc) is 2.67. The number of piperidine rings is 1. The van der Waals surface area contributed by atoms with E-state index >= 15 is 0 Å². The third kappa shape index (κ3) is 2.87. The summed E-state index contributed by atoms with van der Waals surface area (Å²) in [6, 6.07) is 10.8. The molecular formula is C20H25N3O2. The lowest BCUT2D eigenvalue weighted by atomic mass is 9.79. The van der Waals surface area contributed by atoms with E-state index < -0.39 is 0 Å². The highest BCUT2D eigenvalue weighted by Crippen LogP contribution is 2.43. The first kappa shape index (κ1) is 16.4. The molecule has 0 radical (unpaired) electrons. The normalized spacial score (nSPS) is 25.8. The number of nitrogens with two attached hydrogens (primary N) is 1. The third-order valence-electron chi connectivity index (χ3n) is 5.62. The predicted octanol–water partition coefficient (Wildman–Crippen LogP) is 2.51. The van der Waals surface area contributed by atoms with Crippen molar-refractivity contribution in [2.24, 2.45) is 5.73 Å². The molecule has 25 heavy (non-hydrogen) atoms. The van der Waals surface area contributed by atoms with Gasteiger partial charge in [0, 0.05) is 43.0 Å². The van der Waals surface area contributed by atoms with Gasteiger partial charge in [-0.25, -0.2) is 0 Å².